The van der Waals surface area contributed by atoms with E-state index in [-0.39, 0.29) is 6.42 Å². The molecular formula is C24H20F3NO3. The van der Waals surface area contributed by atoms with Crippen LogP contribution >= 0.6 is 0 Å². The molecule has 4 aromatic rings. The quantitative estimate of drug-likeness (QED) is 0.410. The summed E-state index contributed by atoms with van der Waals surface area (Å²) < 4.78 is 41.7. The van der Waals surface area contributed by atoms with Crippen LogP contribution in [0.25, 0.3) is 21.7 Å². The number of halogens is 3. The molecule has 160 valence electrons. The first-order valence-electron chi connectivity index (χ1n) is 9.76. The monoisotopic (exact) mass is 427 g/mol. The molecule has 0 saturated carbocycles. The van der Waals surface area contributed by atoms with Gasteiger partial charge in [0.05, 0.1) is 0 Å². The zero-order valence-electron chi connectivity index (χ0n) is 16.4. The Morgan fingerprint density at radius 1 is 0.935 bits per heavy atom. The number of hydrogen-bond donors (Lipinski definition) is 2. The summed E-state index contributed by atoms with van der Waals surface area (Å²) in [7, 11) is 0. The van der Waals surface area contributed by atoms with Gasteiger partial charge in [-0.05, 0) is 45.5 Å². The first kappa shape index (κ1) is 20.9. The van der Waals surface area contributed by atoms with Gasteiger partial charge in [0.25, 0.3) is 0 Å². The van der Waals surface area contributed by atoms with E-state index in [1.165, 1.54) is 5.39 Å². The minimum absolute atomic E-state index is 0.146. The average Bonchev–Trinajstić information content (AvgIpc) is 3.11. The van der Waals surface area contributed by atoms with Gasteiger partial charge in [-0.15, -0.1) is 0 Å². The molecular weight excluding hydrogens is 407 g/mol. The van der Waals surface area contributed by atoms with Gasteiger partial charge in [0.15, 0.2) is 6.10 Å². The van der Waals surface area contributed by atoms with Crippen molar-refractivity contribution >= 4 is 27.6 Å². The number of benzene rings is 3. The molecule has 0 saturated heterocycles. The smallest absolute Gasteiger partial charge is 0.411 e. The van der Waals surface area contributed by atoms with E-state index in [9.17, 15) is 23.1 Å². The summed E-state index contributed by atoms with van der Waals surface area (Å²) in [6.07, 6.45) is -5.58. The number of carbonyl (C=O) groups is 1. The highest BCUT2D eigenvalue weighted by Gasteiger charge is 2.31. The highest BCUT2D eigenvalue weighted by Crippen LogP contribution is 2.23. The first-order chi connectivity index (χ1) is 14.8. The molecule has 0 bridgehead atoms. The molecule has 3 aromatic carbocycles. The predicted octanol–water partition coefficient (Wildman–Crippen LogP) is 5.49. The lowest BCUT2D eigenvalue weighted by Crippen LogP contribution is -2.31. The van der Waals surface area contributed by atoms with Gasteiger partial charge in [0, 0.05) is 24.1 Å². The van der Waals surface area contributed by atoms with Crippen molar-refractivity contribution in [3.8, 4) is 0 Å². The number of H-pyrrole nitrogens is 1. The van der Waals surface area contributed by atoms with Crippen LogP contribution in [0.3, 0.4) is 0 Å². The number of alkyl halides is 3. The summed E-state index contributed by atoms with van der Waals surface area (Å²) in [5.74, 6) is -1.42. The van der Waals surface area contributed by atoms with Crippen molar-refractivity contribution in [2.75, 3.05) is 6.61 Å². The number of rotatable bonds is 7. The molecule has 1 unspecified atom stereocenters. The van der Waals surface area contributed by atoms with E-state index >= 15 is 0 Å². The Morgan fingerprint density at radius 3 is 2.39 bits per heavy atom. The molecule has 0 aliphatic heterocycles. The highest BCUT2D eigenvalue weighted by atomic mass is 19.4. The summed E-state index contributed by atoms with van der Waals surface area (Å²) in [5.41, 5.74) is 3.61. The van der Waals surface area contributed by atoms with Crippen LogP contribution in [-0.4, -0.2) is 34.9 Å². The van der Waals surface area contributed by atoms with E-state index in [1.807, 2.05) is 18.2 Å². The van der Waals surface area contributed by atoms with E-state index in [2.05, 4.69) is 40.1 Å². The molecule has 4 nitrogen and oxygen atoms in total. The Labute approximate surface area is 176 Å². The first-order valence-corrected chi connectivity index (χ1v) is 9.76. The SMILES string of the molecule is O=C(O)C(Cc1ccc2[nH]c(Cc3ccc4ccccc4c3)cc2c1)OCC(F)(F)F. The minimum atomic E-state index is -4.57. The van der Waals surface area contributed by atoms with Crippen molar-refractivity contribution in [2.24, 2.45) is 0 Å². The second-order valence-electron chi connectivity index (χ2n) is 7.53. The van der Waals surface area contributed by atoms with Crippen LogP contribution in [0, 0.1) is 0 Å². The number of carboxylic acids is 1. The Morgan fingerprint density at radius 2 is 1.65 bits per heavy atom. The van der Waals surface area contributed by atoms with E-state index in [0.717, 1.165) is 27.5 Å². The Hall–Kier alpha value is -3.32. The van der Waals surface area contributed by atoms with E-state index in [1.54, 1.807) is 18.2 Å². The third kappa shape index (κ3) is 5.24. The van der Waals surface area contributed by atoms with Gasteiger partial charge < -0.3 is 14.8 Å². The van der Waals surface area contributed by atoms with Crippen molar-refractivity contribution in [1.82, 2.24) is 4.98 Å². The van der Waals surface area contributed by atoms with Gasteiger partial charge in [-0.25, -0.2) is 4.79 Å². The second kappa shape index (κ2) is 8.43. The van der Waals surface area contributed by atoms with Crippen molar-refractivity contribution in [2.45, 2.75) is 25.1 Å². The number of aliphatic carboxylic acids is 1. The van der Waals surface area contributed by atoms with E-state index < -0.39 is 24.9 Å². The number of nitrogens with one attached hydrogen (secondary N) is 1. The molecule has 4 rings (SSSR count). The van der Waals surface area contributed by atoms with Crippen LogP contribution < -0.4 is 0 Å². The lowest BCUT2D eigenvalue weighted by atomic mass is 10.0. The summed E-state index contributed by atoms with van der Waals surface area (Å²) in [6.45, 7) is -1.59. The number of fused-ring (bicyclic) bond motifs is 2. The summed E-state index contributed by atoms with van der Waals surface area (Å²) in [5, 5.41) is 12.4. The molecule has 0 amide bonds. The van der Waals surface area contributed by atoms with Gasteiger partial charge in [-0.3, -0.25) is 0 Å². The Balaban J connectivity index is 1.51. The van der Waals surface area contributed by atoms with Crippen LogP contribution in [-0.2, 0) is 22.4 Å². The molecule has 1 atom stereocenters. The summed E-state index contributed by atoms with van der Waals surface area (Å²) >= 11 is 0. The number of hydrogen-bond acceptors (Lipinski definition) is 2. The largest absolute Gasteiger partial charge is 0.479 e. The summed E-state index contributed by atoms with van der Waals surface area (Å²) in [6, 6.07) is 21.7. The van der Waals surface area contributed by atoms with Crippen molar-refractivity contribution in [3.63, 3.8) is 0 Å². The molecule has 0 aliphatic rings. The normalized spacial score (nSPS) is 13.0. The van der Waals surface area contributed by atoms with Crippen LogP contribution in [0.4, 0.5) is 13.2 Å². The lowest BCUT2D eigenvalue weighted by molar-refractivity contribution is -0.192. The zero-order valence-corrected chi connectivity index (χ0v) is 16.4. The topological polar surface area (TPSA) is 62.3 Å². The van der Waals surface area contributed by atoms with Gasteiger partial charge in [-0.2, -0.15) is 13.2 Å². The van der Waals surface area contributed by atoms with Crippen LogP contribution in [0.1, 0.15) is 16.8 Å². The molecule has 0 radical (unpaired) electrons. The Bertz CT molecular complexity index is 1230. The maximum absolute atomic E-state index is 12.4. The van der Waals surface area contributed by atoms with Crippen molar-refractivity contribution in [1.29, 1.82) is 0 Å². The molecule has 0 spiro atoms. The minimum Gasteiger partial charge on any atom is -0.479 e. The van der Waals surface area contributed by atoms with Gasteiger partial charge in [0.1, 0.15) is 6.61 Å². The standard InChI is InChI=1S/C24H20F3NO3/c25-24(26,27)14-31-22(23(29)30)12-16-6-8-21-19(10-16)13-20(28-21)11-15-5-7-17-3-1-2-4-18(17)9-15/h1-10,13,22,28H,11-12,14H2,(H,29,30). The maximum atomic E-state index is 12.4. The van der Waals surface area contributed by atoms with E-state index in [0.29, 0.717) is 12.0 Å². The van der Waals surface area contributed by atoms with E-state index in [4.69, 9.17) is 0 Å². The number of aromatic nitrogens is 1. The fourth-order valence-electron chi connectivity index (χ4n) is 3.66. The number of carboxylic acid groups (broad SMARTS) is 1. The lowest BCUT2D eigenvalue weighted by Gasteiger charge is -2.15. The molecule has 7 heteroatoms. The molecule has 0 fully saturated rings. The number of ether oxygens (including phenoxy) is 1. The third-order valence-corrected chi connectivity index (χ3v) is 5.09. The molecule has 2 N–H and O–H groups in total. The van der Waals surface area contributed by atoms with Gasteiger partial charge in [-0.1, -0.05) is 48.5 Å². The average molecular weight is 427 g/mol. The molecule has 31 heavy (non-hydrogen) atoms. The fourth-order valence-corrected chi connectivity index (χ4v) is 3.66. The molecule has 1 heterocycles. The maximum Gasteiger partial charge on any atom is 0.411 e. The van der Waals surface area contributed by atoms with Gasteiger partial charge in [0.2, 0.25) is 0 Å². The predicted molar refractivity (Wildman–Crippen MR) is 112 cm³/mol. The van der Waals surface area contributed by atoms with Crippen LogP contribution in [0.5, 0.6) is 0 Å². The van der Waals surface area contributed by atoms with Gasteiger partial charge >= 0.3 is 12.1 Å². The zero-order chi connectivity index (χ0) is 22.0. The van der Waals surface area contributed by atoms with Crippen LogP contribution in [0.2, 0.25) is 0 Å². The van der Waals surface area contributed by atoms with Crippen molar-refractivity contribution in [3.05, 3.63) is 83.6 Å². The third-order valence-electron chi connectivity index (χ3n) is 5.09. The Kier molecular flexibility index (Phi) is 5.69. The molecule has 0 aliphatic carbocycles. The van der Waals surface area contributed by atoms with Crippen molar-refractivity contribution < 1.29 is 27.8 Å². The fraction of sp³-hybridized carbons (Fsp3) is 0.208. The number of aromatic amines is 1. The highest BCUT2D eigenvalue weighted by molar-refractivity contribution is 5.84. The molecule has 1 aromatic heterocycles. The summed E-state index contributed by atoms with van der Waals surface area (Å²) in [4.78, 5) is 14.6. The van der Waals surface area contributed by atoms with Crippen LogP contribution in [0.15, 0.2) is 66.7 Å². The second-order valence-corrected chi connectivity index (χ2v) is 7.53.